The van der Waals surface area contributed by atoms with E-state index in [0.717, 1.165) is 4.68 Å². The van der Waals surface area contributed by atoms with E-state index in [1.807, 2.05) is 0 Å². The van der Waals surface area contributed by atoms with Crippen molar-refractivity contribution in [1.82, 2.24) is 14.8 Å². The van der Waals surface area contributed by atoms with Gasteiger partial charge in [0.15, 0.2) is 5.82 Å². The van der Waals surface area contributed by atoms with Gasteiger partial charge in [0.05, 0.1) is 12.1 Å². The standard InChI is InChI=1S/C23H15F5N4O4S/c24-7-10-31-12-15(13-5-8-29-9-6-13)22(30-31)20-17(27)3-4-18(21(20)28)32(23(33)34)37(35,36)19-11-14(25)1-2-16(19)26/h1-6,8-9,11-12H,7,10H2,(H,33,34). The SMILES string of the molecule is O=C(O)N(c1ccc(F)c(-c2nn(CCF)cc2-c2ccncc2)c1F)S(=O)(=O)c1cc(F)ccc1F. The van der Waals surface area contributed by atoms with E-state index in [4.69, 9.17) is 0 Å². The van der Waals surface area contributed by atoms with Gasteiger partial charge >= 0.3 is 6.09 Å². The maximum absolute atomic E-state index is 15.8. The molecule has 0 aliphatic carbocycles. The highest BCUT2D eigenvalue weighted by Crippen LogP contribution is 2.39. The quantitative estimate of drug-likeness (QED) is 0.332. The molecule has 14 heteroatoms. The van der Waals surface area contributed by atoms with Gasteiger partial charge in [0.2, 0.25) is 0 Å². The Hall–Kier alpha value is -4.33. The fourth-order valence-corrected chi connectivity index (χ4v) is 4.95. The Kier molecular flexibility index (Phi) is 6.94. The fourth-order valence-electron chi connectivity index (χ4n) is 3.57. The number of halogens is 5. The zero-order valence-corrected chi connectivity index (χ0v) is 19.3. The number of alkyl halides is 1. The molecule has 0 aliphatic rings. The van der Waals surface area contributed by atoms with E-state index in [1.165, 1.54) is 30.7 Å². The lowest BCUT2D eigenvalue weighted by atomic mass is 10.0. The van der Waals surface area contributed by atoms with E-state index in [0.29, 0.717) is 29.8 Å². The van der Waals surface area contributed by atoms with Crippen LogP contribution in [0.3, 0.4) is 0 Å². The van der Waals surface area contributed by atoms with Crippen LogP contribution in [0.1, 0.15) is 0 Å². The second-order valence-electron chi connectivity index (χ2n) is 7.46. The number of carbonyl (C=O) groups is 1. The van der Waals surface area contributed by atoms with Crippen molar-refractivity contribution in [2.45, 2.75) is 11.4 Å². The van der Waals surface area contributed by atoms with E-state index in [9.17, 15) is 31.5 Å². The van der Waals surface area contributed by atoms with Crippen LogP contribution in [0.5, 0.6) is 0 Å². The van der Waals surface area contributed by atoms with Gasteiger partial charge in [-0.25, -0.2) is 35.2 Å². The molecule has 37 heavy (non-hydrogen) atoms. The summed E-state index contributed by atoms with van der Waals surface area (Å²) >= 11 is 0. The molecule has 2 aromatic carbocycles. The summed E-state index contributed by atoms with van der Waals surface area (Å²) < 4.78 is 98.3. The van der Waals surface area contributed by atoms with Crippen LogP contribution in [0.15, 0.2) is 66.0 Å². The Labute approximate surface area is 206 Å². The summed E-state index contributed by atoms with van der Waals surface area (Å²) in [6.07, 6.45) is 1.77. The molecule has 4 rings (SSSR count). The van der Waals surface area contributed by atoms with Crippen molar-refractivity contribution in [3.63, 3.8) is 0 Å². The summed E-state index contributed by atoms with van der Waals surface area (Å²) in [6.45, 7) is -1.15. The van der Waals surface area contributed by atoms with Crippen molar-refractivity contribution < 1.29 is 40.3 Å². The van der Waals surface area contributed by atoms with Crippen molar-refractivity contribution in [2.75, 3.05) is 11.0 Å². The molecule has 0 spiro atoms. The molecule has 0 aliphatic heterocycles. The Balaban J connectivity index is 1.96. The predicted molar refractivity (Wildman–Crippen MR) is 121 cm³/mol. The Morgan fingerprint density at radius 2 is 1.68 bits per heavy atom. The van der Waals surface area contributed by atoms with Crippen LogP contribution in [-0.2, 0) is 16.6 Å². The van der Waals surface area contributed by atoms with Crippen LogP contribution in [0, 0.1) is 23.3 Å². The highest BCUT2D eigenvalue weighted by Gasteiger charge is 2.37. The topological polar surface area (TPSA) is 105 Å². The lowest BCUT2D eigenvalue weighted by Gasteiger charge is -2.21. The lowest BCUT2D eigenvalue weighted by molar-refractivity contribution is 0.206. The number of sulfonamides is 1. The maximum Gasteiger partial charge on any atom is 0.426 e. The van der Waals surface area contributed by atoms with Gasteiger partial charge in [-0.05, 0) is 48.0 Å². The van der Waals surface area contributed by atoms with E-state index in [-0.39, 0.29) is 18.2 Å². The number of pyridine rings is 1. The second-order valence-corrected chi connectivity index (χ2v) is 9.22. The Bertz CT molecular complexity index is 1600. The number of rotatable bonds is 7. The number of anilines is 1. The number of nitrogens with zero attached hydrogens (tertiary/aromatic N) is 4. The first-order valence-corrected chi connectivity index (χ1v) is 11.8. The van der Waals surface area contributed by atoms with Crippen molar-refractivity contribution in [2.24, 2.45) is 0 Å². The summed E-state index contributed by atoms with van der Waals surface area (Å²) in [6, 6.07) is 5.33. The molecule has 0 fully saturated rings. The molecule has 0 bridgehead atoms. The Morgan fingerprint density at radius 1 is 1.00 bits per heavy atom. The number of aromatic nitrogens is 3. The zero-order valence-electron chi connectivity index (χ0n) is 18.4. The molecular weight excluding hydrogens is 523 g/mol. The first-order chi connectivity index (χ1) is 17.6. The molecule has 2 aromatic heterocycles. The molecule has 0 atom stereocenters. The van der Waals surface area contributed by atoms with Crippen LogP contribution >= 0.6 is 0 Å². The normalized spacial score (nSPS) is 11.5. The third kappa shape index (κ3) is 4.74. The average molecular weight is 538 g/mol. The van der Waals surface area contributed by atoms with E-state index in [2.05, 4.69) is 10.1 Å². The molecular formula is C23H15F5N4O4S. The van der Waals surface area contributed by atoms with Gasteiger partial charge in [-0.2, -0.15) is 9.40 Å². The van der Waals surface area contributed by atoms with Gasteiger partial charge in [0.25, 0.3) is 10.0 Å². The molecule has 1 N–H and O–H groups in total. The fraction of sp³-hybridized carbons (Fsp3) is 0.0870. The summed E-state index contributed by atoms with van der Waals surface area (Å²) in [5.41, 5.74) is -2.05. The smallest absolute Gasteiger partial charge is 0.426 e. The summed E-state index contributed by atoms with van der Waals surface area (Å²) in [4.78, 5) is 14.4. The molecule has 0 saturated heterocycles. The first-order valence-electron chi connectivity index (χ1n) is 10.3. The van der Waals surface area contributed by atoms with Crippen LogP contribution < -0.4 is 4.31 Å². The van der Waals surface area contributed by atoms with E-state index >= 15 is 8.78 Å². The largest absolute Gasteiger partial charge is 0.464 e. The number of aryl methyl sites for hydroxylation is 1. The van der Waals surface area contributed by atoms with Gasteiger partial charge in [-0.3, -0.25) is 9.67 Å². The summed E-state index contributed by atoms with van der Waals surface area (Å²) in [5.74, 6) is -5.63. The number of carboxylic acid groups (broad SMARTS) is 1. The van der Waals surface area contributed by atoms with Crippen molar-refractivity contribution >= 4 is 21.8 Å². The summed E-state index contributed by atoms with van der Waals surface area (Å²) in [7, 11) is -5.43. The van der Waals surface area contributed by atoms with Gasteiger partial charge < -0.3 is 5.11 Å². The minimum atomic E-state index is -5.43. The highest BCUT2D eigenvalue weighted by molar-refractivity contribution is 7.93. The average Bonchev–Trinajstić information content (AvgIpc) is 3.26. The van der Waals surface area contributed by atoms with Crippen LogP contribution in [0.25, 0.3) is 22.4 Å². The summed E-state index contributed by atoms with van der Waals surface area (Å²) in [5, 5.41) is 13.7. The monoisotopic (exact) mass is 538 g/mol. The highest BCUT2D eigenvalue weighted by atomic mass is 32.2. The van der Waals surface area contributed by atoms with E-state index in [1.54, 1.807) is 0 Å². The maximum atomic E-state index is 15.8. The van der Waals surface area contributed by atoms with Crippen molar-refractivity contribution in [1.29, 1.82) is 0 Å². The van der Waals surface area contributed by atoms with Gasteiger partial charge in [0, 0.05) is 24.2 Å². The predicted octanol–water partition coefficient (Wildman–Crippen LogP) is 5.01. The molecule has 1 amide bonds. The lowest BCUT2D eigenvalue weighted by Crippen LogP contribution is -2.37. The minimum absolute atomic E-state index is 0.103. The van der Waals surface area contributed by atoms with Crippen LogP contribution in [-0.4, -0.2) is 41.1 Å². The molecule has 0 radical (unpaired) electrons. The number of hydrogen-bond donors (Lipinski definition) is 1. The molecule has 8 nitrogen and oxygen atoms in total. The zero-order chi connectivity index (χ0) is 26.9. The molecule has 0 saturated carbocycles. The van der Waals surface area contributed by atoms with Gasteiger partial charge in [-0.1, -0.05) is 0 Å². The molecule has 2 heterocycles. The third-order valence-corrected chi connectivity index (χ3v) is 6.88. The minimum Gasteiger partial charge on any atom is -0.464 e. The second kappa shape index (κ2) is 9.97. The molecule has 0 unspecified atom stereocenters. The third-order valence-electron chi connectivity index (χ3n) is 5.18. The molecule has 4 aromatic rings. The van der Waals surface area contributed by atoms with Crippen LogP contribution in [0.4, 0.5) is 32.4 Å². The first kappa shape index (κ1) is 25.8. The van der Waals surface area contributed by atoms with Crippen molar-refractivity contribution in [3.05, 3.63) is 84.3 Å². The van der Waals surface area contributed by atoms with Gasteiger partial charge in [-0.15, -0.1) is 0 Å². The Morgan fingerprint density at radius 3 is 2.32 bits per heavy atom. The van der Waals surface area contributed by atoms with Gasteiger partial charge in [0.1, 0.15) is 40.4 Å². The number of benzene rings is 2. The van der Waals surface area contributed by atoms with E-state index < -0.39 is 72.2 Å². The number of hydrogen-bond acceptors (Lipinski definition) is 5. The number of amides is 1. The molecule has 192 valence electrons. The van der Waals surface area contributed by atoms with Crippen LogP contribution in [0.2, 0.25) is 0 Å². The van der Waals surface area contributed by atoms with Crippen molar-refractivity contribution in [3.8, 4) is 22.4 Å².